The van der Waals surface area contributed by atoms with Crippen molar-refractivity contribution in [2.75, 3.05) is 0 Å². The van der Waals surface area contributed by atoms with Crippen LogP contribution in [0.1, 0.15) is 54.6 Å². The topological polar surface area (TPSA) is 89.3 Å². The Morgan fingerprint density at radius 3 is 2.35 bits per heavy atom. The number of hydrogen-bond donors (Lipinski definition) is 2. The minimum Gasteiger partial charge on any atom is -0.365 e. The zero-order valence-corrected chi connectivity index (χ0v) is 12.9. The molecule has 1 amide bonds. The molecule has 0 unspecified atom stereocenters. The first-order chi connectivity index (χ1) is 9.49. The van der Waals surface area contributed by atoms with Crippen molar-refractivity contribution in [2.24, 2.45) is 5.73 Å². The minimum atomic E-state index is -3.55. The third-order valence-corrected chi connectivity index (χ3v) is 6.15. The van der Waals surface area contributed by atoms with Crippen LogP contribution in [-0.4, -0.2) is 20.4 Å². The number of carbonyl (C=O) groups excluding carboxylic acids is 1. The number of nitrogens with one attached hydrogen (secondary N) is 1. The van der Waals surface area contributed by atoms with E-state index in [2.05, 4.69) is 4.72 Å². The van der Waals surface area contributed by atoms with Crippen LogP contribution in [0.25, 0.3) is 0 Å². The smallest absolute Gasteiger partial charge is 0.258 e. The van der Waals surface area contributed by atoms with Crippen LogP contribution in [0, 0.1) is 0 Å². The second-order valence-corrected chi connectivity index (χ2v) is 7.80. The van der Waals surface area contributed by atoms with Gasteiger partial charge in [-0.15, -0.1) is 11.3 Å². The van der Waals surface area contributed by atoms with Gasteiger partial charge in [0.2, 0.25) is 10.0 Å². The van der Waals surface area contributed by atoms with Crippen LogP contribution < -0.4 is 10.5 Å². The van der Waals surface area contributed by atoms with E-state index >= 15 is 0 Å². The highest BCUT2D eigenvalue weighted by Gasteiger charge is 2.22. The van der Waals surface area contributed by atoms with Crippen molar-refractivity contribution in [2.45, 2.75) is 55.9 Å². The SMILES string of the molecule is NC(=O)c1cc(S(=O)(=O)NC2CCCCCCC2)cs1. The molecule has 1 aliphatic rings. The number of hydrogen-bond acceptors (Lipinski definition) is 4. The van der Waals surface area contributed by atoms with Crippen molar-refractivity contribution in [3.05, 3.63) is 16.3 Å². The van der Waals surface area contributed by atoms with Gasteiger partial charge < -0.3 is 5.73 Å². The third-order valence-electron chi connectivity index (χ3n) is 3.56. The molecule has 1 saturated carbocycles. The monoisotopic (exact) mass is 316 g/mol. The summed E-state index contributed by atoms with van der Waals surface area (Å²) in [6, 6.07) is 1.34. The van der Waals surface area contributed by atoms with E-state index < -0.39 is 15.9 Å². The highest BCUT2D eigenvalue weighted by Crippen LogP contribution is 2.22. The molecule has 0 radical (unpaired) electrons. The first kappa shape index (κ1) is 15.5. The maximum Gasteiger partial charge on any atom is 0.258 e. The zero-order chi connectivity index (χ0) is 14.6. The van der Waals surface area contributed by atoms with E-state index in [1.807, 2.05) is 0 Å². The van der Waals surface area contributed by atoms with Crippen molar-refractivity contribution in [1.82, 2.24) is 4.72 Å². The number of primary amides is 1. The van der Waals surface area contributed by atoms with Gasteiger partial charge in [0.15, 0.2) is 0 Å². The molecule has 20 heavy (non-hydrogen) atoms. The summed E-state index contributed by atoms with van der Waals surface area (Å²) < 4.78 is 27.3. The Kier molecular flexibility index (Phi) is 5.17. The van der Waals surface area contributed by atoms with Crippen LogP contribution in [-0.2, 0) is 10.0 Å². The van der Waals surface area contributed by atoms with E-state index in [0.717, 1.165) is 37.0 Å². The van der Waals surface area contributed by atoms with Gasteiger partial charge in [-0.25, -0.2) is 13.1 Å². The Balaban J connectivity index is 2.06. The van der Waals surface area contributed by atoms with Gasteiger partial charge in [0.1, 0.15) is 0 Å². The van der Waals surface area contributed by atoms with E-state index in [0.29, 0.717) is 0 Å². The van der Waals surface area contributed by atoms with Crippen LogP contribution in [0.3, 0.4) is 0 Å². The van der Waals surface area contributed by atoms with E-state index in [4.69, 9.17) is 5.73 Å². The summed E-state index contributed by atoms with van der Waals surface area (Å²) in [6.45, 7) is 0. The molecule has 0 spiro atoms. The molecule has 1 aromatic rings. The highest BCUT2D eigenvalue weighted by molar-refractivity contribution is 7.89. The molecule has 1 aliphatic carbocycles. The number of sulfonamides is 1. The first-order valence-corrected chi connectivity index (χ1v) is 9.26. The van der Waals surface area contributed by atoms with Gasteiger partial charge in [-0.05, 0) is 18.9 Å². The van der Waals surface area contributed by atoms with Crippen LogP contribution in [0.5, 0.6) is 0 Å². The molecular formula is C13H20N2O3S2. The predicted molar refractivity (Wildman–Crippen MR) is 79.3 cm³/mol. The van der Waals surface area contributed by atoms with Gasteiger partial charge in [-0.3, -0.25) is 4.79 Å². The molecular weight excluding hydrogens is 296 g/mol. The summed E-state index contributed by atoms with van der Waals surface area (Å²) in [4.78, 5) is 11.4. The number of carbonyl (C=O) groups is 1. The molecule has 0 saturated heterocycles. The van der Waals surface area contributed by atoms with Gasteiger partial charge in [-0.2, -0.15) is 0 Å². The van der Waals surface area contributed by atoms with Crippen LogP contribution in [0.4, 0.5) is 0 Å². The molecule has 0 atom stereocenters. The summed E-state index contributed by atoms with van der Waals surface area (Å²) >= 11 is 1.06. The first-order valence-electron chi connectivity index (χ1n) is 6.90. The second kappa shape index (κ2) is 6.69. The second-order valence-electron chi connectivity index (χ2n) is 5.17. The van der Waals surface area contributed by atoms with Crippen molar-refractivity contribution in [3.63, 3.8) is 0 Å². The minimum absolute atomic E-state index is 0.00257. The lowest BCUT2D eigenvalue weighted by molar-refractivity contribution is 0.100. The van der Waals surface area contributed by atoms with E-state index in [-0.39, 0.29) is 15.8 Å². The van der Waals surface area contributed by atoms with Gasteiger partial charge in [-0.1, -0.05) is 32.1 Å². The molecule has 2 rings (SSSR count). The zero-order valence-electron chi connectivity index (χ0n) is 11.3. The number of rotatable bonds is 4. The fourth-order valence-corrected chi connectivity index (χ4v) is 4.88. The molecule has 0 bridgehead atoms. The summed E-state index contributed by atoms with van der Waals surface area (Å²) in [5.41, 5.74) is 5.15. The fourth-order valence-electron chi connectivity index (χ4n) is 2.45. The standard InChI is InChI=1S/C13H20N2O3S2/c14-13(16)12-8-11(9-19-12)20(17,18)15-10-6-4-2-1-3-5-7-10/h8-10,15H,1-7H2,(H2,14,16). The van der Waals surface area contributed by atoms with E-state index in [9.17, 15) is 13.2 Å². The molecule has 1 aromatic heterocycles. The summed E-state index contributed by atoms with van der Waals surface area (Å²) in [5.74, 6) is -0.595. The normalized spacial score (nSPS) is 18.4. The van der Waals surface area contributed by atoms with E-state index in [1.54, 1.807) is 0 Å². The Morgan fingerprint density at radius 1 is 1.20 bits per heavy atom. The molecule has 5 nitrogen and oxygen atoms in total. The van der Waals surface area contributed by atoms with Crippen molar-refractivity contribution in [1.29, 1.82) is 0 Å². The Bertz CT molecular complexity index is 558. The maximum atomic E-state index is 12.3. The molecule has 1 fully saturated rings. The molecule has 0 aromatic carbocycles. The molecule has 7 heteroatoms. The molecule has 0 aliphatic heterocycles. The largest absolute Gasteiger partial charge is 0.365 e. The lowest BCUT2D eigenvalue weighted by Crippen LogP contribution is -2.35. The van der Waals surface area contributed by atoms with Gasteiger partial charge in [0.05, 0.1) is 9.77 Å². The molecule has 1 heterocycles. The van der Waals surface area contributed by atoms with Gasteiger partial charge in [0, 0.05) is 11.4 Å². The molecule has 3 N–H and O–H groups in total. The Hall–Kier alpha value is -0.920. The number of thiophene rings is 1. The summed E-state index contributed by atoms with van der Waals surface area (Å²) in [5, 5.41) is 1.46. The van der Waals surface area contributed by atoms with Crippen LogP contribution >= 0.6 is 11.3 Å². The van der Waals surface area contributed by atoms with Gasteiger partial charge >= 0.3 is 0 Å². The predicted octanol–water partition coefficient (Wildman–Crippen LogP) is 2.24. The molecule has 112 valence electrons. The van der Waals surface area contributed by atoms with Crippen LogP contribution in [0.2, 0.25) is 0 Å². The van der Waals surface area contributed by atoms with Crippen molar-refractivity contribution >= 4 is 27.3 Å². The quantitative estimate of drug-likeness (QED) is 0.892. The summed E-state index contributed by atoms with van der Waals surface area (Å²) in [6.07, 6.45) is 7.46. The Morgan fingerprint density at radius 2 is 1.80 bits per heavy atom. The average Bonchev–Trinajstić information content (AvgIpc) is 2.82. The third kappa shape index (κ3) is 4.04. The average molecular weight is 316 g/mol. The lowest BCUT2D eigenvalue weighted by Gasteiger charge is -2.20. The van der Waals surface area contributed by atoms with E-state index in [1.165, 1.54) is 30.7 Å². The fraction of sp³-hybridized carbons (Fsp3) is 0.615. The Labute approximate surface area is 123 Å². The maximum absolute atomic E-state index is 12.3. The van der Waals surface area contributed by atoms with Crippen molar-refractivity contribution < 1.29 is 13.2 Å². The summed E-state index contributed by atoms with van der Waals surface area (Å²) in [7, 11) is -3.55. The van der Waals surface area contributed by atoms with Crippen molar-refractivity contribution in [3.8, 4) is 0 Å². The number of amides is 1. The van der Waals surface area contributed by atoms with Crippen LogP contribution in [0.15, 0.2) is 16.3 Å². The number of nitrogens with two attached hydrogens (primary N) is 1. The van der Waals surface area contributed by atoms with Gasteiger partial charge in [0.25, 0.3) is 5.91 Å². The highest BCUT2D eigenvalue weighted by atomic mass is 32.2. The lowest BCUT2D eigenvalue weighted by atomic mass is 9.97.